The number of likely N-dealkylation sites (N-methyl/N-ethyl adjacent to an activating group) is 1. The summed E-state index contributed by atoms with van der Waals surface area (Å²) in [5, 5.41) is 6.89. The number of benzene rings is 2. The molecule has 1 N–H and O–H groups in total. The van der Waals surface area contributed by atoms with E-state index in [0.717, 1.165) is 12.1 Å². The van der Waals surface area contributed by atoms with Gasteiger partial charge in [0.25, 0.3) is 6.47 Å². The van der Waals surface area contributed by atoms with Gasteiger partial charge in [-0.25, -0.2) is 8.42 Å². The number of methoxy groups -OCH3 is 1. The van der Waals surface area contributed by atoms with Crippen LogP contribution >= 0.6 is 0 Å². The van der Waals surface area contributed by atoms with E-state index in [1.54, 1.807) is 33.1 Å². The summed E-state index contributed by atoms with van der Waals surface area (Å²) in [6.07, 6.45) is 3.66. The molecule has 0 unspecified atom stereocenters. The van der Waals surface area contributed by atoms with Gasteiger partial charge in [0.1, 0.15) is 12.4 Å². The maximum atomic E-state index is 13.0. The van der Waals surface area contributed by atoms with E-state index in [1.165, 1.54) is 42.8 Å². The number of Topliss-reactive ketones (excluding diaryl/α,β-unsaturated/α-hetero) is 1. The first-order valence-electron chi connectivity index (χ1n) is 12.7. The number of hydrogen-bond acceptors (Lipinski definition) is 7. The zero-order valence-corrected chi connectivity index (χ0v) is 23.6. The van der Waals surface area contributed by atoms with E-state index >= 15 is 0 Å². The molecule has 0 aromatic heterocycles. The third-order valence-corrected chi connectivity index (χ3v) is 8.63. The summed E-state index contributed by atoms with van der Waals surface area (Å²) in [5.41, 5.74) is 3.71. The van der Waals surface area contributed by atoms with Crippen molar-refractivity contribution in [3.05, 3.63) is 58.7 Å². The van der Waals surface area contributed by atoms with E-state index < -0.39 is 10.0 Å². The summed E-state index contributed by atoms with van der Waals surface area (Å²) >= 11 is 0. The number of carbonyl (C=O) groups excluding carboxylic acids is 1. The SMILES string of the molecule is COc1cc(C)c(S(=O)(=O)N(C)CCOCC(=O)CCc2ccc(CN3CCCC3)cc2)c(C)c1.O=CO. The lowest BCUT2D eigenvalue weighted by molar-refractivity contribution is -0.124. The van der Waals surface area contributed by atoms with Crippen molar-refractivity contribution in [1.29, 1.82) is 0 Å². The van der Waals surface area contributed by atoms with Crippen LogP contribution in [0, 0.1) is 13.8 Å². The molecule has 0 amide bonds. The first-order chi connectivity index (χ1) is 18.1. The minimum atomic E-state index is -3.67. The van der Waals surface area contributed by atoms with Gasteiger partial charge < -0.3 is 14.6 Å². The van der Waals surface area contributed by atoms with E-state index in [4.69, 9.17) is 19.4 Å². The van der Waals surface area contributed by atoms with E-state index in [1.807, 2.05) is 0 Å². The number of rotatable bonds is 13. The standard InChI is InChI=1S/C27H38N2O5S.CH2O2/c1-21-17-26(33-4)18-22(2)27(21)35(31,32)28(3)15-16-34-20-25(30)12-11-23-7-9-24(10-8-23)19-29-13-5-6-14-29;2-1-3/h7-10,17-18H,5-6,11-16,19-20H2,1-4H3;1H,(H,2,3). The molecule has 1 heterocycles. The average Bonchev–Trinajstić information content (AvgIpc) is 3.39. The van der Waals surface area contributed by atoms with Crippen molar-refractivity contribution in [2.75, 3.05) is 47.0 Å². The first kappa shape index (κ1) is 31.4. The maximum Gasteiger partial charge on any atom is 0.290 e. The smallest absolute Gasteiger partial charge is 0.290 e. The summed E-state index contributed by atoms with van der Waals surface area (Å²) in [6.45, 7) is 6.92. The fourth-order valence-electron chi connectivity index (χ4n) is 4.46. The minimum absolute atomic E-state index is 0.0124. The molecular weight excluding hydrogens is 508 g/mol. The second kappa shape index (κ2) is 15.6. The summed E-state index contributed by atoms with van der Waals surface area (Å²) in [5.74, 6) is 0.639. The first-order valence-corrected chi connectivity index (χ1v) is 14.2. The Morgan fingerprint density at radius 2 is 1.63 bits per heavy atom. The molecule has 1 aliphatic rings. The zero-order valence-electron chi connectivity index (χ0n) is 22.8. The second-order valence-corrected chi connectivity index (χ2v) is 11.4. The fraction of sp³-hybridized carbons (Fsp3) is 0.500. The maximum absolute atomic E-state index is 13.0. The Balaban J connectivity index is 0.00000161. The van der Waals surface area contributed by atoms with Gasteiger partial charge >= 0.3 is 0 Å². The lowest BCUT2D eigenvalue weighted by atomic mass is 10.1. The molecule has 0 atom stereocenters. The van der Waals surface area contributed by atoms with Gasteiger partial charge in [0.05, 0.1) is 18.6 Å². The molecule has 0 bridgehead atoms. The molecular formula is C28H40N2O7S. The Morgan fingerprint density at radius 3 is 2.18 bits per heavy atom. The monoisotopic (exact) mass is 548 g/mol. The Hall–Kier alpha value is -2.79. The van der Waals surface area contributed by atoms with Gasteiger partial charge in [-0.2, -0.15) is 4.31 Å². The van der Waals surface area contributed by atoms with Crippen molar-refractivity contribution in [2.45, 2.75) is 51.0 Å². The van der Waals surface area contributed by atoms with E-state index in [9.17, 15) is 13.2 Å². The molecule has 0 aliphatic carbocycles. The highest BCUT2D eigenvalue weighted by Gasteiger charge is 2.25. The molecule has 0 saturated carbocycles. The molecule has 2 aromatic rings. The van der Waals surface area contributed by atoms with Gasteiger partial charge in [-0.05, 0) is 80.6 Å². The van der Waals surface area contributed by atoms with Crippen LogP contribution in [0.15, 0.2) is 41.3 Å². The van der Waals surface area contributed by atoms with Crippen molar-refractivity contribution >= 4 is 22.3 Å². The van der Waals surface area contributed by atoms with Crippen LogP contribution < -0.4 is 4.74 Å². The van der Waals surface area contributed by atoms with Gasteiger partial charge in [0.2, 0.25) is 10.0 Å². The van der Waals surface area contributed by atoms with Gasteiger partial charge in [-0.15, -0.1) is 0 Å². The third kappa shape index (κ3) is 9.50. The summed E-state index contributed by atoms with van der Waals surface area (Å²) < 4.78 is 38.1. The number of carbonyl (C=O) groups is 2. The highest BCUT2D eigenvalue weighted by molar-refractivity contribution is 7.89. The van der Waals surface area contributed by atoms with Gasteiger partial charge in [-0.1, -0.05) is 24.3 Å². The number of ketones is 1. The number of nitrogens with zero attached hydrogens (tertiary/aromatic N) is 2. The molecule has 2 aromatic carbocycles. The van der Waals surface area contributed by atoms with Gasteiger partial charge in [-0.3, -0.25) is 14.5 Å². The van der Waals surface area contributed by atoms with Crippen LogP contribution in [0.3, 0.4) is 0 Å². The molecule has 0 spiro atoms. The molecule has 1 saturated heterocycles. The number of likely N-dealkylation sites (tertiary alicyclic amines) is 1. The van der Waals surface area contributed by atoms with Gasteiger partial charge in [0, 0.05) is 26.6 Å². The lowest BCUT2D eigenvalue weighted by Crippen LogP contribution is -2.31. The molecule has 10 heteroatoms. The van der Waals surface area contributed by atoms with Crippen LogP contribution in [0.1, 0.15) is 41.5 Å². The highest BCUT2D eigenvalue weighted by Crippen LogP contribution is 2.27. The van der Waals surface area contributed by atoms with Gasteiger partial charge in [0.15, 0.2) is 5.78 Å². The lowest BCUT2D eigenvalue weighted by Gasteiger charge is -2.20. The largest absolute Gasteiger partial charge is 0.497 e. The molecule has 0 radical (unpaired) electrons. The van der Waals surface area contributed by atoms with Crippen LogP contribution in [0.5, 0.6) is 5.75 Å². The predicted octanol–water partition coefficient (Wildman–Crippen LogP) is 3.45. The van der Waals surface area contributed by atoms with Crippen LogP contribution in [-0.2, 0) is 37.3 Å². The number of sulfonamides is 1. The van der Waals surface area contributed by atoms with Crippen molar-refractivity contribution in [1.82, 2.24) is 9.21 Å². The molecule has 1 fully saturated rings. The van der Waals surface area contributed by atoms with Crippen LogP contribution in [-0.4, -0.2) is 82.0 Å². The normalized spacial score (nSPS) is 13.7. The Bertz CT molecular complexity index is 1120. The molecule has 3 rings (SSSR count). The number of carboxylic acid groups (broad SMARTS) is 1. The fourth-order valence-corrected chi connectivity index (χ4v) is 6.01. The molecule has 9 nitrogen and oxygen atoms in total. The Labute approximate surface area is 226 Å². The third-order valence-electron chi connectivity index (χ3n) is 6.47. The van der Waals surface area contributed by atoms with E-state index in [2.05, 4.69) is 29.2 Å². The van der Waals surface area contributed by atoms with Crippen molar-refractivity contribution in [3.63, 3.8) is 0 Å². The van der Waals surface area contributed by atoms with E-state index in [0.29, 0.717) is 29.7 Å². The zero-order chi connectivity index (χ0) is 28.1. The topological polar surface area (TPSA) is 113 Å². The quantitative estimate of drug-likeness (QED) is 0.299. The minimum Gasteiger partial charge on any atom is -0.497 e. The average molecular weight is 549 g/mol. The van der Waals surface area contributed by atoms with E-state index in [-0.39, 0.29) is 36.9 Å². The predicted molar refractivity (Wildman–Crippen MR) is 146 cm³/mol. The van der Waals surface area contributed by atoms with Crippen LogP contribution in [0.4, 0.5) is 0 Å². The second-order valence-electron chi connectivity index (χ2n) is 9.41. The van der Waals surface area contributed by atoms with Crippen molar-refractivity contribution in [3.8, 4) is 5.75 Å². The van der Waals surface area contributed by atoms with Crippen LogP contribution in [0.2, 0.25) is 0 Å². The number of hydrogen-bond donors (Lipinski definition) is 1. The number of ether oxygens (including phenoxy) is 2. The van der Waals surface area contributed by atoms with Crippen LogP contribution in [0.25, 0.3) is 0 Å². The molecule has 210 valence electrons. The highest BCUT2D eigenvalue weighted by atomic mass is 32.2. The van der Waals surface area contributed by atoms with Crippen molar-refractivity contribution in [2.24, 2.45) is 0 Å². The number of aryl methyl sites for hydroxylation is 3. The summed E-state index contributed by atoms with van der Waals surface area (Å²) in [6, 6.07) is 11.9. The molecule has 1 aliphatic heterocycles. The summed E-state index contributed by atoms with van der Waals surface area (Å²) in [7, 11) is -0.594. The Morgan fingerprint density at radius 1 is 1.08 bits per heavy atom. The van der Waals surface area contributed by atoms with Crippen molar-refractivity contribution < 1.29 is 32.6 Å². The molecule has 38 heavy (non-hydrogen) atoms. The summed E-state index contributed by atoms with van der Waals surface area (Å²) in [4.78, 5) is 23.4. The Kier molecular flexibility index (Phi) is 12.9.